The lowest BCUT2D eigenvalue weighted by molar-refractivity contribution is -0.132. The fourth-order valence-electron chi connectivity index (χ4n) is 2.82. The van der Waals surface area contributed by atoms with Gasteiger partial charge in [0, 0.05) is 37.7 Å². The van der Waals surface area contributed by atoms with E-state index in [-0.39, 0.29) is 17.9 Å². The van der Waals surface area contributed by atoms with Crippen LogP contribution in [0, 0.1) is 0 Å². The Kier molecular flexibility index (Phi) is 4.64. The van der Waals surface area contributed by atoms with Crippen molar-refractivity contribution in [3.8, 4) is 0 Å². The third kappa shape index (κ3) is 3.55. The van der Waals surface area contributed by atoms with Gasteiger partial charge in [0.2, 0.25) is 11.8 Å². The molecule has 0 spiro atoms. The Balaban J connectivity index is 1.61. The van der Waals surface area contributed by atoms with Gasteiger partial charge in [-0.3, -0.25) is 14.8 Å². The maximum absolute atomic E-state index is 12.5. The summed E-state index contributed by atoms with van der Waals surface area (Å²) in [6.07, 6.45) is 7.82. The first-order valence-electron chi connectivity index (χ1n) is 8.03. The Morgan fingerprint density at radius 3 is 3.00 bits per heavy atom. The van der Waals surface area contributed by atoms with Gasteiger partial charge in [-0.05, 0) is 12.8 Å². The summed E-state index contributed by atoms with van der Waals surface area (Å²) < 4.78 is 5.20. The molecule has 7 nitrogen and oxygen atoms in total. The van der Waals surface area contributed by atoms with Crippen LogP contribution < -0.4 is 0 Å². The molecule has 0 saturated carbocycles. The Hall–Kier alpha value is -2.31. The molecule has 3 rings (SSSR count). The van der Waals surface area contributed by atoms with Crippen molar-refractivity contribution in [2.45, 2.75) is 51.5 Å². The highest BCUT2D eigenvalue weighted by Gasteiger charge is 2.30. The molecule has 7 heteroatoms. The van der Waals surface area contributed by atoms with Gasteiger partial charge in [0.1, 0.15) is 0 Å². The van der Waals surface area contributed by atoms with E-state index in [9.17, 15) is 4.79 Å². The summed E-state index contributed by atoms with van der Waals surface area (Å²) in [5.74, 6) is 1.54. The van der Waals surface area contributed by atoms with Crippen molar-refractivity contribution in [1.29, 1.82) is 0 Å². The van der Waals surface area contributed by atoms with Crippen LogP contribution in [0.2, 0.25) is 0 Å². The number of hydrogen-bond acceptors (Lipinski definition) is 6. The Morgan fingerprint density at radius 2 is 2.30 bits per heavy atom. The van der Waals surface area contributed by atoms with E-state index in [0.29, 0.717) is 24.6 Å². The van der Waals surface area contributed by atoms with Crippen molar-refractivity contribution in [3.05, 3.63) is 36.0 Å². The molecule has 1 amide bonds. The average Bonchev–Trinajstić information content (AvgIpc) is 3.23. The predicted molar refractivity (Wildman–Crippen MR) is 82.4 cm³/mol. The van der Waals surface area contributed by atoms with E-state index in [2.05, 4.69) is 20.1 Å². The Morgan fingerprint density at radius 1 is 1.43 bits per heavy atom. The summed E-state index contributed by atoms with van der Waals surface area (Å²) in [7, 11) is 0. The molecular formula is C16H21N5O2. The molecule has 0 bridgehead atoms. The normalized spacial score (nSPS) is 17.9. The van der Waals surface area contributed by atoms with Crippen LogP contribution in [0.25, 0.3) is 0 Å². The summed E-state index contributed by atoms with van der Waals surface area (Å²) >= 11 is 0. The van der Waals surface area contributed by atoms with Crippen LogP contribution in [-0.4, -0.2) is 37.5 Å². The number of carbonyl (C=O) groups excluding carboxylic acids is 1. The summed E-state index contributed by atoms with van der Waals surface area (Å²) in [5, 5.41) is 3.92. The van der Waals surface area contributed by atoms with Crippen molar-refractivity contribution in [3.63, 3.8) is 0 Å². The van der Waals surface area contributed by atoms with Crippen molar-refractivity contribution in [1.82, 2.24) is 25.0 Å². The molecule has 122 valence electrons. The zero-order chi connectivity index (χ0) is 16.2. The minimum atomic E-state index is 0.0325. The van der Waals surface area contributed by atoms with Gasteiger partial charge in [0.05, 0.1) is 17.9 Å². The maximum Gasteiger partial charge on any atom is 0.227 e. The first-order valence-corrected chi connectivity index (χ1v) is 8.03. The molecule has 23 heavy (non-hydrogen) atoms. The zero-order valence-electron chi connectivity index (χ0n) is 13.5. The smallest absolute Gasteiger partial charge is 0.227 e. The van der Waals surface area contributed by atoms with Crippen LogP contribution >= 0.6 is 0 Å². The molecule has 0 aromatic carbocycles. The number of amides is 1. The van der Waals surface area contributed by atoms with Crippen LogP contribution in [-0.2, 0) is 11.2 Å². The molecule has 1 unspecified atom stereocenters. The van der Waals surface area contributed by atoms with Crippen LogP contribution in [0.1, 0.15) is 62.5 Å². The molecule has 0 aliphatic carbocycles. The van der Waals surface area contributed by atoms with Gasteiger partial charge in [-0.25, -0.2) is 0 Å². The van der Waals surface area contributed by atoms with E-state index in [0.717, 1.165) is 25.1 Å². The molecule has 1 aliphatic heterocycles. The summed E-state index contributed by atoms with van der Waals surface area (Å²) in [5.41, 5.74) is 0.859. The topological polar surface area (TPSA) is 85.0 Å². The van der Waals surface area contributed by atoms with Gasteiger partial charge >= 0.3 is 0 Å². The van der Waals surface area contributed by atoms with Gasteiger partial charge in [-0.2, -0.15) is 4.98 Å². The van der Waals surface area contributed by atoms with Crippen LogP contribution in [0.5, 0.6) is 0 Å². The molecule has 1 atom stereocenters. The lowest BCUT2D eigenvalue weighted by Crippen LogP contribution is -2.31. The SMILES string of the molecule is CC(C)c1noc(CCC(=O)N2CCCC2c2cnccn2)n1. The van der Waals surface area contributed by atoms with Crippen molar-refractivity contribution in [2.75, 3.05) is 6.54 Å². The fourth-order valence-corrected chi connectivity index (χ4v) is 2.82. The quantitative estimate of drug-likeness (QED) is 0.841. The van der Waals surface area contributed by atoms with E-state index in [4.69, 9.17) is 4.52 Å². The highest BCUT2D eigenvalue weighted by molar-refractivity contribution is 5.77. The zero-order valence-corrected chi connectivity index (χ0v) is 13.5. The first-order chi connectivity index (χ1) is 11.1. The second kappa shape index (κ2) is 6.85. The third-order valence-electron chi connectivity index (χ3n) is 4.05. The molecule has 0 radical (unpaired) electrons. The van der Waals surface area contributed by atoms with E-state index in [1.165, 1.54) is 0 Å². The number of aromatic nitrogens is 4. The van der Waals surface area contributed by atoms with E-state index < -0.39 is 0 Å². The second-order valence-corrected chi connectivity index (χ2v) is 6.08. The summed E-state index contributed by atoms with van der Waals surface area (Å²) in [6.45, 7) is 4.78. The summed E-state index contributed by atoms with van der Waals surface area (Å²) in [4.78, 5) is 27.2. The highest BCUT2D eigenvalue weighted by Crippen LogP contribution is 2.30. The molecule has 1 fully saturated rings. The molecular weight excluding hydrogens is 294 g/mol. The number of likely N-dealkylation sites (tertiary alicyclic amines) is 1. The maximum atomic E-state index is 12.5. The number of hydrogen-bond donors (Lipinski definition) is 0. The number of carbonyl (C=O) groups is 1. The molecule has 2 aromatic rings. The molecule has 0 N–H and O–H groups in total. The van der Waals surface area contributed by atoms with Gasteiger partial charge < -0.3 is 9.42 Å². The summed E-state index contributed by atoms with van der Waals surface area (Å²) in [6, 6.07) is 0.0325. The standard InChI is InChI=1S/C16H21N5O2/c1-11(2)16-19-14(23-20-16)5-6-15(22)21-9-3-4-13(21)12-10-17-7-8-18-12/h7-8,10-11,13H,3-6,9H2,1-2H3. The van der Waals surface area contributed by atoms with Crippen molar-refractivity contribution in [2.24, 2.45) is 0 Å². The third-order valence-corrected chi connectivity index (χ3v) is 4.05. The molecule has 1 aliphatic rings. The van der Waals surface area contributed by atoms with Crippen molar-refractivity contribution < 1.29 is 9.32 Å². The highest BCUT2D eigenvalue weighted by atomic mass is 16.5. The van der Waals surface area contributed by atoms with Crippen LogP contribution in [0.15, 0.2) is 23.1 Å². The van der Waals surface area contributed by atoms with Gasteiger partial charge in [0.25, 0.3) is 0 Å². The largest absolute Gasteiger partial charge is 0.339 e. The average molecular weight is 315 g/mol. The minimum absolute atomic E-state index is 0.0325. The second-order valence-electron chi connectivity index (χ2n) is 6.08. The number of aryl methyl sites for hydroxylation is 1. The monoisotopic (exact) mass is 315 g/mol. The molecule has 2 aromatic heterocycles. The predicted octanol–water partition coefficient (Wildman–Crippen LogP) is 2.28. The van der Waals surface area contributed by atoms with Crippen molar-refractivity contribution >= 4 is 5.91 Å². The minimum Gasteiger partial charge on any atom is -0.339 e. The Bertz CT molecular complexity index is 656. The van der Waals surface area contributed by atoms with E-state index in [1.807, 2.05) is 18.7 Å². The molecule has 1 saturated heterocycles. The fraction of sp³-hybridized carbons (Fsp3) is 0.562. The Labute approximate surface area is 135 Å². The number of nitrogens with zero attached hydrogens (tertiary/aromatic N) is 5. The van der Waals surface area contributed by atoms with Crippen LogP contribution in [0.4, 0.5) is 0 Å². The van der Waals surface area contributed by atoms with E-state index in [1.54, 1.807) is 18.6 Å². The van der Waals surface area contributed by atoms with Gasteiger partial charge in [-0.15, -0.1) is 0 Å². The molecule has 3 heterocycles. The lowest BCUT2D eigenvalue weighted by atomic mass is 10.1. The first kappa shape index (κ1) is 15.6. The van der Waals surface area contributed by atoms with Gasteiger partial charge in [-0.1, -0.05) is 19.0 Å². The van der Waals surface area contributed by atoms with E-state index >= 15 is 0 Å². The van der Waals surface area contributed by atoms with Gasteiger partial charge in [0.15, 0.2) is 5.82 Å². The number of rotatable bonds is 5. The lowest BCUT2D eigenvalue weighted by Gasteiger charge is -2.23. The van der Waals surface area contributed by atoms with Crippen LogP contribution in [0.3, 0.4) is 0 Å².